The molecule has 2 atom stereocenters. The fourth-order valence-corrected chi connectivity index (χ4v) is 3.48. The maximum Gasteiger partial charge on any atom is 0.0772 e. The van der Waals surface area contributed by atoms with Gasteiger partial charge < -0.3 is 15.7 Å². The molecule has 2 rings (SSSR count). The SMILES string of the molecule is CCCC1CCCN(CC(N)(CO)c2ccccc2)CC1. The summed E-state index contributed by atoms with van der Waals surface area (Å²) in [5.74, 6) is 0.873. The van der Waals surface area contributed by atoms with Gasteiger partial charge in [-0.05, 0) is 43.8 Å². The smallest absolute Gasteiger partial charge is 0.0772 e. The lowest BCUT2D eigenvalue weighted by atomic mass is 9.91. The van der Waals surface area contributed by atoms with Gasteiger partial charge in [0.2, 0.25) is 0 Å². The van der Waals surface area contributed by atoms with Crippen LogP contribution in [0, 0.1) is 5.92 Å². The average Bonchev–Trinajstić information content (AvgIpc) is 2.74. The van der Waals surface area contributed by atoms with E-state index in [1.165, 1.54) is 32.1 Å². The molecule has 0 saturated carbocycles. The first-order valence-electron chi connectivity index (χ1n) is 8.35. The van der Waals surface area contributed by atoms with Gasteiger partial charge in [0.05, 0.1) is 12.1 Å². The molecule has 0 spiro atoms. The highest BCUT2D eigenvalue weighted by Gasteiger charge is 2.30. The second-order valence-electron chi connectivity index (χ2n) is 6.54. The maximum atomic E-state index is 9.82. The quantitative estimate of drug-likeness (QED) is 0.847. The standard InChI is InChI=1S/C18H30N2O/c1-2-7-16-8-6-12-20(13-11-16)14-18(19,15-21)17-9-4-3-5-10-17/h3-5,9-10,16,21H,2,6-8,11-15,19H2,1H3. The molecule has 0 aromatic heterocycles. The van der Waals surface area contributed by atoms with Crippen LogP contribution in [0.1, 0.15) is 44.6 Å². The van der Waals surface area contributed by atoms with Crippen LogP contribution in [0.4, 0.5) is 0 Å². The number of aliphatic hydroxyl groups is 1. The fraction of sp³-hybridized carbons (Fsp3) is 0.667. The number of aliphatic hydroxyl groups excluding tert-OH is 1. The summed E-state index contributed by atoms with van der Waals surface area (Å²) in [6.07, 6.45) is 6.49. The van der Waals surface area contributed by atoms with Crippen LogP contribution in [0.2, 0.25) is 0 Å². The molecule has 3 heteroatoms. The highest BCUT2D eigenvalue weighted by Crippen LogP contribution is 2.25. The van der Waals surface area contributed by atoms with Gasteiger partial charge in [-0.3, -0.25) is 0 Å². The molecule has 3 nitrogen and oxygen atoms in total. The molecule has 1 heterocycles. The molecule has 0 amide bonds. The lowest BCUT2D eigenvalue weighted by Crippen LogP contribution is -2.50. The Morgan fingerprint density at radius 1 is 1.24 bits per heavy atom. The lowest BCUT2D eigenvalue weighted by Gasteiger charge is -2.34. The van der Waals surface area contributed by atoms with Crippen molar-refractivity contribution in [3.8, 4) is 0 Å². The molecule has 118 valence electrons. The van der Waals surface area contributed by atoms with Crippen molar-refractivity contribution in [1.82, 2.24) is 4.90 Å². The van der Waals surface area contributed by atoms with Gasteiger partial charge in [-0.1, -0.05) is 50.1 Å². The second-order valence-corrected chi connectivity index (χ2v) is 6.54. The summed E-state index contributed by atoms with van der Waals surface area (Å²) in [6.45, 7) is 5.22. The predicted octanol–water partition coefficient (Wildman–Crippen LogP) is 2.74. The monoisotopic (exact) mass is 290 g/mol. The first-order valence-corrected chi connectivity index (χ1v) is 8.35. The zero-order chi connectivity index (χ0) is 15.1. The third-order valence-electron chi connectivity index (χ3n) is 4.77. The minimum atomic E-state index is -0.647. The summed E-state index contributed by atoms with van der Waals surface area (Å²) in [6, 6.07) is 10.0. The van der Waals surface area contributed by atoms with Gasteiger partial charge in [0.25, 0.3) is 0 Å². The Morgan fingerprint density at radius 3 is 2.67 bits per heavy atom. The Kier molecular flexibility index (Phi) is 6.22. The van der Waals surface area contributed by atoms with Crippen molar-refractivity contribution in [3.63, 3.8) is 0 Å². The van der Waals surface area contributed by atoms with E-state index in [9.17, 15) is 5.11 Å². The zero-order valence-corrected chi connectivity index (χ0v) is 13.3. The highest BCUT2D eigenvalue weighted by molar-refractivity contribution is 5.24. The van der Waals surface area contributed by atoms with Gasteiger partial charge in [-0.15, -0.1) is 0 Å². The molecule has 1 aliphatic rings. The summed E-state index contributed by atoms with van der Waals surface area (Å²) in [7, 11) is 0. The van der Waals surface area contributed by atoms with Crippen LogP contribution in [-0.4, -0.2) is 36.2 Å². The van der Waals surface area contributed by atoms with Crippen LogP contribution in [0.25, 0.3) is 0 Å². The van der Waals surface area contributed by atoms with Crippen LogP contribution >= 0.6 is 0 Å². The predicted molar refractivity (Wildman–Crippen MR) is 88.1 cm³/mol. The molecule has 1 aliphatic heterocycles. The summed E-state index contributed by atoms with van der Waals surface area (Å²) < 4.78 is 0. The number of rotatable bonds is 6. The summed E-state index contributed by atoms with van der Waals surface area (Å²) in [4.78, 5) is 2.44. The Bertz CT molecular complexity index is 409. The number of hydrogen-bond acceptors (Lipinski definition) is 3. The van der Waals surface area contributed by atoms with E-state index in [1.807, 2.05) is 30.3 Å². The third-order valence-corrected chi connectivity index (χ3v) is 4.77. The molecule has 21 heavy (non-hydrogen) atoms. The topological polar surface area (TPSA) is 49.5 Å². The van der Waals surface area contributed by atoms with Crippen LogP contribution in [0.15, 0.2) is 30.3 Å². The van der Waals surface area contributed by atoms with E-state index in [-0.39, 0.29) is 6.61 Å². The summed E-state index contributed by atoms with van der Waals surface area (Å²) >= 11 is 0. The normalized spacial score (nSPS) is 23.5. The van der Waals surface area contributed by atoms with E-state index < -0.39 is 5.54 Å². The van der Waals surface area contributed by atoms with Crippen molar-refractivity contribution >= 4 is 0 Å². The van der Waals surface area contributed by atoms with Gasteiger partial charge in [0.15, 0.2) is 0 Å². The minimum Gasteiger partial charge on any atom is -0.394 e. The van der Waals surface area contributed by atoms with Gasteiger partial charge in [0, 0.05) is 6.54 Å². The number of nitrogens with zero attached hydrogens (tertiary/aromatic N) is 1. The van der Waals surface area contributed by atoms with E-state index in [2.05, 4.69) is 11.8 Å². The molecule has 1 aromatic carbocycles. The van der Waals surface area contributed by atoms with E-state index in [4.69, 9.17) is 5.73 Å². The second kappa shape index (κ2) is 7.92. The Labute approximate surface area is 129 Å². The van der Waals surface area contributed by atoms with E-state index in [1.54, 1.807) is 0 Å². The molecule has 1 saturated heterocycles. The van der Waals surface area contributed by atoms with Gasteiger partial charge in [-0.25, -0.2) is 0 Å². The molecule has 3 N–H and O–H groups in total. The van der Waals surface area contributed by atoms with Crippen LogP contribution in [-0.2, 0) is 5.54 Å². The lowest BCUT2D eigenvalue weighted by molar-refractivity contribution is 0.137. The van der Waals surface area contributed by atoms with Crippen molar-refractivity contribution in [2.45, 2.75) is 44.6 Å². The van der Waals surface area contributed by atoms with Crippen molar-refractivity contribution < 1.29 is 5.11 Å². The maximum absolute atomic E-state index is 9.82. The molecular weight excluding hydrogens is 260 g/mol. The third kappa shape index (κ3) is 4.53. The van der Waals surface area contributed by atoms with Crippen LogP contribution in [0.3, 0.4) is 0 Å². The molecular formula is C18H30N2O. The Morgan fingerprint density at radius 2 is 2.00 bits per heavy atom. The first-order chi connectivity index (χ1) is 10.2. The zero-order valence-electron chi connectivity index (χ0n) is 13.3. The minimum absolute atomic E-state index is 0.00803. The number of likely N-dealkylation sites (tertiary alicyclic amines) is 1. The van der Waals surface area contributed by atoms with Gasteiger partial charge in [0.1, 0.15) is 0 Å². The van der Waals surface area contributed by atoms with Crippen molar-refractivity contribution in [2.75, 3.05) is 26.2 Å². The Balaban J connectivity index is 1.98. The Hall–Kier alpha value is -0.900. The highest BCUT2D eigenvalue weighted by atomic mass is 16.3. The molecule has 2 unspecified atom stereocenters. The molecule has 0 aliphatic carbocycles. The van der Waals surface area contributed by atoms with Gasteiger partial charge in [-0.2, -0.15) is 0 Å². The number of hydrogen-bond donors (Lipinski definition) is 2. The number of nitrogens with two attached hydrogens (primary N) is 1. The van der Waals surface area contributed by atoms with Crippen molar-refractivity contribution in [3.05, 3.63) is 35.9 Å². The van der Waals surface area contributed by atoms with Crippen molar-refractivity contribution in [1.29, 1.82) is 0 Å². The van der Waals surface area contributed by atoms with Gasteiger partial charge >= 0.3 is 0 Å². The molecule has 0 radical (unpaired) electrons. The van der Waals surface area contributed by atoms with E-state index in [0.29, 0.717) is 0 Å². The fourth-order valence-electron chi connectivity index (χ4n) is 3.48. The molecule has 0 bridgehead atoms. The van der Waals surface area contributed by atoms with Crippen LogP contribution < -0.4 is 5.73 Å². The summed E-state index contributed by atoms with van der Waals surface area (Å²) in [5, 5.41) is 9.82. The first kappa shape index (κ1) is 16.5. The van der Waals surface area contributed by atoms with E-state index >= 15 is 0 Å². The van der Waals surface area contributed by atoms with Crippen LogP contribution in [0.5, 0.6) is 0 Å². The average molecular weight is 290 g/mol. The molecule has 1 fully saturated rings. The number of benzene rings is 1. The molecule has 1 aromatic rings. The van der Waals surface area contributed by atoms with E-state index in [0.717, 1.165) is 31.1 Å². The van der Waals surface area contributed by atoms with Crippen molar-refractivity contribution in [2.24, 2.45) is 11.7 Å². The largest absolute Gasteiger partial charge is 0.394 e. The summed E-state index contributed by atoms with van der Waals surface area (Å²) in [5.41, 5.74) is 6.88.